The average molecular weight is 271 g/mol. The first-order chi connectivity index (χ1) is 9.31. The summed E-state index contributed by atoms with van der Waals surface area (Å²) < 4.78 is 1.81. The number of anilines is 1. The van der Waals surface area contributed by atoms with Crippen LogP contribution in [0.1, 0.15) is 13.3 Å². The van der Waals surface area contributed by atoms with E-state index in [0.717, 1.165) is 40.5 Å². The highest BCUT2D eigenvalue weighted by Crippen LogP contribution is 2.34. The largest absolute Gasteiger partial charge is 0.284 e. The third-order valence-corrected chi connectivity index (χ3v) is 3.56. The van der Waals surface area contributed by atoms with E-state index in [1.165, 1.54) is 0 Å². The Bertz CT molecular complexity index is 670. The van der Waals surface area contributed by atoms with Crippen LogP contribution in [0.4, 0.5) is 5.69 Å². The normalized spacial score (nSPS) is 11.1. The van der Waals surface area contributed by atoms with Crippen molar-refractivity contribution >= 4 is 39.3 Å². The Hall–Kier alpha value is -1.80. The fraction of sp³-hybridized carbons (Fsp3) is 0.188. The van der Waals surface area contributed by atoms with Crippen molar-refractivity contribution in [2.45, 2.75) is 13.3 Å². The van der Waals surface area contributed by atoms with Gasteiger partial charge in [0, 0.05) is 29.1 Å². The third kappa shape index (κ3) is 2.13. The predicted octanol–water partition coefficient (Wildman–Crippen LogP) is 4.76. The van der Waals surface area contributed by atoms with Crippen LogP contribution in [0.25, 0.3) is 21.8 Å². The second-order valence-electron chi connectivity index (χ2n) is 4.58. The second-order valence-corrected chi connectivity index (χ2v) is 4.99. The van der Waals surface area contributed by atoms with Crippen LogP contribution < -0.4 is 4.42 Å². The first-order valence-corrected chi connectivity index (χ1v) is 6.86. The topological polar surface area (TPSA) is 16.1 Å². The first-order valence-electron chi connectivity index (χ1n) is 6.52. The molecule has 0 unspecified atom stereocenters. The molecule has 19 heavy (non-hydrogen) atoms. The Morgan fingerprint density at radius 2 is 1.47 bits per heavy atom. The Morgan fingerprint density at radius 1 is 0.947 bits per heavy atom. The fourth-order valence-electron chi connectivity index (χ4n) is 2.39. The van der Waals surface area contributed by atoms with E-state index in [9.17, 15) is 0 Å². The minimum atomic E-state index is 0.819. The maximum Gasteiger partial charge on any atom is 0.0731 e. The van der Waals surface area contributed by atoms with Gasteiger partial charge < -0.3 is 0 Å². The fourth-order valence-corrected chi connectivity index (χ4v) is 2.74. The quantitative estimate of drug-likeness (QED) is 0.504. The molecule has 0 aliphatic carbocycles. The number of benzene rings is 2. The van der Waals surface area contributed by atoms with E-state index in [0.29, 0.717) is 0 Å². The van der Waals surface area contributed by atoms with E-state index < -0.39 is 0 Å². The summed E-state index contributed by atoms with van der Waals surface area (Å²) in [6.07, 6.45) is 1.01. The van der Waals surface area contributed by atoms with Crippen LogP contribution in [-0.2, 0) is 0 Å². The average Bonchev–Trinajstić information content (AvgIpc) is 2.44. The van der Waals surface area contributed by atoms with Gasteiger partial charge in [-0.05, 0) is 18.6 Å². The minimum Gasteiger partial charge on any atom is -0.284 e. The molecule has 0 amide bonds. The molecular formula is C16H15ClN2. The lowest BCUT2D eigenvalue weighted by Gasteiger charge is -2.19. The zero-order valence-corrected chi connectivity index (χ0v) is 11.6. The molecule has 3 aromatic rings. The molecule has 1 aromatic heterocycles. The molecule has 0 spiro atoms. The van der Waals surface area contributed by atoms with Crippen molar-refractivity contribution in [3.05, 3.63) is 48.5 Å². The van der Waals surface area contributed by atoms with E-state index in [1.54, 1.807) is 0 Å². The van der Waals surface area contributed by atoms with E-state index in [4.69, 9.17) is 16.8 Å². The van der Waals surface area contributed by atoms with Crippen molar-refractivity contribution in [2.24, 2.45) is 0 Å². The first kappa shape index (κ1) is 12.2. The predicted molar refractivity (Wildman–Crippen MR) is 82.7 cm³/mol. The Balaban J connectivity index is 2.39. The lowest BCUT2D eigenvalue weighted by molar-refractivity contribution is 0.928. The molecule has 3 rings (SSSR count). The number of para-hydroxylation sites is 2. The number of hydrogen-bond acceptors (Lipinski definition) is 2. The smallest absolute Gasteiger partial charge is 0.0731 e. The summed E-state index contributed by atoms with van der Waals surface area (Å²) in [5.41, 5.74) is 3.03. The van der Waals surface area contributed by atoms with E-state index in [-0.39, 0.29) is 0 Å². The van der Waals surface area contributed by atoms with Crippen molar-refractivity contribution in [3.63, 3.8) is 0 Å². The highest BCUT2D eigenvalue weighted by molar-refractivity contribution is 6.30. The van der Waals surface area contributed by atoms with Crippen molar-refractivity contribution in [1.29, 1.82) is 0 Å². The molecule has 2 aromatic carbocycles. The molecule has 0 N–H and O–H groups in total. The summed E-state index contributed by atoms with van der Waals surface area (Å²) in [7, 11) is 0. The molecular weight excluding hydrogens is 256 g/mol. The maximum atomic E-state index is 6.47. The van der Waals surface area contributed by atoms with Gasteiger partial charge in [0.15, 0.2) is 0 Å². The number of fused-ring (bicyclic) bond motifs is 2. The molecule has 3 heteroatoms. The van der Waals surface area contributed by atoms with Gasteiger partial charge >= 0.3 is 0 Å². The molecule has 96 valence electrons. The Labute approximate surface area is 117 Å². The number of nitrogens with zero attached hydrogens (tertiary/aromatic N) is 2. The summed E-state index contributed by atoms with van der Waals surface area (Å²) in [5.74, 6) is 0. The van der Waals surface area contributed by atoms with Gasteiger partial charge in [0.05, 0.1) is 16.7 Å². The number of hydrogen-bond donors (Lipinski definition) is 0. The zero-order valence-electron chi connectivity index (χ0n) is 10.8. The molecule has 0 saturated heterocycles. The SMILES string of the molecule is CCCN(Cl)c1c2ccccc2nc2ccccc12. The summed E-state index contributed by atoms with van der Waals surface area (Å²) >= 11 is 6.47. The van der Waals surface area contributed by atoms with Crippen molar-refractivity contribution in [1.82, 2.24) is 4.98 Å². The minimum absolute atomic E-state index is 0.819. The molecule has 0 aliphatic rings. The molecule has 0 bridgehead atoms. The van der Waals surface area contributed by atoms with Crippen molar-refractivity contribution in [3.8, 4) is 0 Å². The molecule has 0 saturated carbocycles. The van der Waals surface area contributed by atoms with Crippen LogP contribution in [0.2, 0.25) is 0 Å². The molecule has 0 radical (unpaired) electrons. The molecule has 0 fully saturated rings. The lowest BCUT2D eigenvalue weighted by Crippen LogP contribution is -2.12. The standard InChI is InChI=1S/C16H15ClN2/c1-2-11-19(17)16-12-7-3-5-9-14(12)18-15-10-6-4-8-13(15)16/h3-10H,2,11H2,1H3. The monoisotopic (exact) mass is 270 g/mol. The third-order valence-electron chi connectivity index (χ3n) is 3.22. The number of aromatic nitrogens is 1. The van der Waals surface area contributed by atoms with Gasteiger partial charge in [-0.25, -0.2) is 4.98 Å². The van der Waals surface area contributed by atoms with E-state index >= 15 is 0 Å². The zero-order chi connectivity index (χ0) is 13.2. The van der Waals surface area contributed by atoms with Crippen LogP contribution in [0, 0.1) is 0 Å². The van der Waals surface area contributed by atoms with Gasteiger partial charge in [-0.3, -0.25) is 4.42 Å². The van der Waals surface area contributed by atoms with Gasteiger partial charge in [0.1, 0.15) is 0 Å². The van der Waals surface area contributed by atoms with Gasteiger partial charge in [-0.2, -0.15) is 0 Å². The van der Waals surface area contributed by atoms with E-state index in [1.807, 2.05) is 40.8 Å². The molecule has 0 atom stereocenters. The summed E-state index contributed by atoms with van der Waals surface area (Å²) in [5, 5.41) is 2.20. The highest BCUT2D eigenvalue weighted by Gasteiger charge is 2.13. The van der Waals surface area contributed by atoms with Crippen LogP contribution in [-0.4, -0.2) is 11.5 Å². The summed E-state index contributed by atoms with van der Waals surface area (Å²) in [6, 6.07) is 16.3. The number of halogens is 1. The van der Waals surface area contributed by atoms with Gasteiger partial charge in [0.2, 0.25) is 0 Å². The summed E-state index contributed by atoms with van der Waals surface area (Å²) in [4.78, 5) is 4.70. The number of pyridine rings is 1. The van der Waals surface area contributed by atoms with Gasteiger partial charge in [0.25, 0.3) is 0 Å². The maximum absolute atomic E-state index is 6.47. The van der Waals surface area contributed by atoms with Crippen LogP contribution in [0.5, 0.6) is 0 Å². The van der Waals surface area contributed by atoms with Crippen LogP contribution >= 0.6 is 11.8 Å². The molecule has 0 aliphatic heterocycles. The number of rotatable bonds is 3. The van der Waals surface area contributed by atoms with Gasteiger partial charge in [-0.1, -0.05) is 43.3 Å². The second kappa shape index (κ2) is 5.06. The Morgan fingerprint density at radius 3 is 2.00 bits per heavy atom. The van der Waals surface area contributed by atoms with Crippen LogP contribution in [0.15, 0.2) is 48.5 Å². The Kier molecular flexibility index (Phi) is 3.26. The van der Waals surface area contributed by atoms with Crippen molar-refractivity contribution < 1.29 is 0 Å². The highest BCUT2D eigenvalue weighted by atomic mass is 35.5. The summed E-state index contributed by atoms with van der Waals surface area (Å²) in [6.45, 7) is 2.94. The van der Waals surface area contributed by atoms with Crippen molar-refractivity contribution in [2.75, 3.05) is 11.0 Å². The van der Waals surface area contributed by atoms with Gasteiger partial charge in [-0.15, -0.1) is 0 Å². The molecule has 2 nitrogen and oxygen atoms in total. The lowest BCUT2D eigenvalue weighted by atomic mass is 10.1. The van der Waals surface area contributed by atoms with Crippen LogP contribution in [0.3, 0.4) is 0 Å². The molecule has 1 heterocycles. The van der Waals surface area contributed by atoms with E-state index in [2.05, 4.69) is 19.1 Å².